The van der Waals surface area contributed by atoms with Gasteiger partial charge in [0.2, 0.25) is 10.0 Å². The van der Waals surface area contributed by atoms with Crippen molar-refractivity contribution in [2.75, 3.05) is 32.9 Å². The van der Waals surface area contributed by atoms with Crippen LogP contribution < -0.4 is 5.73 Å². The van der Waals surface area contributed by atoms with Crippen molar-refractivity contribution >= 4 is 15.7 Å². The highest BCUT2D eigenvalue weighted by Crippen LogP contribution is 2.25. The first-order valence-corrected chi connectivity index (χ1v) is 7.48. The zero-order valence-electron chi connectivity index (χ0n) is 11.0. The van der Waals surface area contributed by atoms with Crippen molar-refractivity contribution in [2.45, 2.75) is 17.4 Å². The fourth-order valence-corrected chi connectivity index (χ4v) is 3.80. The molecule has 0 bridgehead atoms. The van der Waals surface area contributed by atoms with E-state index in [4.69, 9.17) is 5.73 Å². The number of benzene rings is 1. The van der Waals surface area contributed by atoms with Crippen LogP contribution in [0.15, 0.2) is 23.1 Å². The monoisotopic (exact) mass is 287 g/mol. The number of hydrogen-bond acceptors (Lipinski definition) is 4. The number of nitrogens with two attached hydrogens (primary N) is 1. The quantitative estimate of drug-likeness (QED) is 0.832. The predicted octanol–water partition coefficient (Wildman–Crippen LogP) is 0.733. The molecule has 2 rings (SSSR count). The molecule has 0 radical (unpaired) electrons. The van der Waals surface area contributed by atoms with Gasteiger partial charge >= 0.3 is 0 Å². The minimum atomic E-state index is -3.81. The summed E-state index contributed by atoms with van der Waals surface area (Å²) in [5, 5.41) is 0. The van der Waals surface area contributed by atoms with Gasteiger partial charge in [-0.05, 0) is 38.7 Å². The van der Waals surface area contributed by atoms with Crippen molar-refractivity contribution in [3.8, 4) is 0 Å². The van der Waals surface area contributed by atoms with E-state index in [9.17, 15) is 12.8 Å². The molecular weight excluding hydrogens is 269 g/mol. The van der Waals surface area contributed by atoms with Gasteiger partial charge in [0.1, 0.15) is 10.7 Å². The second kappa shape index (κ2) is 5.07. The van der Waals surface area contributed by atoms with E-state index in [1.807, 2.05) is 19.0 Å². The van der Waals surface area contributed by atoms with Crippen molar-refractivity contribution in [1.82, 2.24) is 9.21 Å². The number of nitrogens with zero attached hydrogens (tertiary/aromatic N) is 2. The SMILES string of the molecule is CN(C)C1CCN(S(=O)(=O)c2cc(N)ccc2F)C1. The lowest BCUT2D eigenvalue weighted by Crippen LogP contribution is -2.34. The van der Waals surface area contributed by atoms with Crippen molar-refractivity contribution in [3.05, 3.63) is 24.0 Å². The zero-order valence-corrected chi connectivity index (χ0v) is 11.8. The highest BCUT2D eigenvalue weighted by atomic mass is 32.2. The number of likely N-dealkylation sites (N-methyl/N-ethyl adjacent to an activating group) is 1. The second-order valence-corrected chi connectivity index (χ2v) is 6.87. The molecule has 0 aliphatic carbocycles. The van der Waals surface area contributed by atoms with E-state index in [1.165, 1.54) is 16.4 Å². The molecule has 1 aromatic carbocycles. The fraction of sp³-hybridized carbons (Fsp3) is 0.500. The minimum absolute atomic E-state index is 0.166. The summed E-state index contributed by atoms with van der Waals surface area (Å²) in [5.74, 6) is -0.762. The van der Waals surface area contributed by atoms with E-state index in [0.29, 0.717) is 13.1 Å². The van der Waals surface area contributed by atoms with Crippen LogP contribution in [0.5, 0.6) is 0 Å². The van der Waals surface area contributed by atoms with Crippen molar-refractivity contribution in [3.63, 3.8) is 0 Å². The minimum Gasteiger partial charge on any atom is -0.399 e. The Kier molecular flexibility index (Phi) is 3.80. The number of anilines is 1. The van der Waals surface area contributed by atoms with Crippen molar-refractivity contribution < 1.29 is 12.8 Å². The lowest BCUT2D eigenvalue weighted by atomic mass is 10.2. The Balaban J connectivity index is 2.31. The number of rotatable bonds is 3. The molecule has 0 saturated carbocycles. The molecule has 5 nitrogen and oxygen atoms in total. The van der Waals surface area contributed by atoms with E-state index in [0.717, 1.165) is 12.5 Å². The third-order valence-electron chi connectivity index (χ3n) is 3.43. The smallest absolute Gasteiger partial charge is 0.246 e. The summed E-state index contributed by atoms with van der Waals surface area (Å²) in [6.45, 7) is 0.781. The highest BCUT2D eigenvalue weighted by molar-refractivity contribution is 7.89. The average Bonchev–Trinajstić information content (AvgIpc) is 2.82. The Bertz CT molecular complexity index is 574. The van der Waals surface area contributed by atoms with E-state index < -0.39 is 15.8 Å². The number of sulfonamides is 1. The Labute approximate surface area is 112 Å². The van der Waals surface area contributed by atoms with Gasteiger partial charge in [0.05, 0.1) is 0 Å². The molecule has 106 valence electrons. The second-order valence-electron chi connectivity index (χ2n) is 4.96. The largest absolute Gasteiger partial charge is 0.399 e. The Morgan fingerprint density at radius 1 is 1.42 bits per heavy atom. The summed E-state index contributed by atoms with van der Waals surface area (Å²) < 4.78 is 39.8. The van der Waals surface area contributed by atoms with Gasteiger partial charge in [-0.25, -0.2) is 12.8 Å². The van der Waals surface area contributed by atoms with Crippen molar-refractivity contribution in [1.29, 1.82) is 0 Å². The molecule has 1 saturated heterocycles. The standard InChI is InChI=1S/C12H18FN3O2S/c1-15(2)10-5-6-16(8-10)19(17,18)12-7-9(14)3-4-11(12)13/h3-4,7,10H,5-6,8,14H2,1-2H3. The van der Waals surface area contributed by atoms with Gasteiger partial charge in [-0.2, -0.15) is 4.31 Å². The van der Waals surface area contributed by atoms with Crippen LogP contribution in [0.3, 0.4) is 0 Å². The number of nitrogen functional groups attached to an aromatic ring is 1. The fourth-order valence-electron chi connectivity index (χ4n) is 2.21. The topological polar surface area (TPSA) is 66.6 Å². The predicted molar refractivity (Wildman–Crippen MR) is 71.7 cm³/mol. The first-order chi connectivity index (χ1) is 8.82. The van der Waals surface area contributed by atoms with Crippen LogP contribution in [0.2, 0.25) is 0 Å². The molecule has 1 aliphatic heterocycles. The number of halogens is 1. The highest BCUT2D eigenvalue weighted by Gasteiger charge is 2.34. The maximum absolute atomic E-state index is 13.7. The third kappa shape index (κ3) is 2.72. The lowest BCUT2D eigenvalue weighted by molar-refractivity contribution is 0.302. The molecule has 1 atom stereocenters. The Hall–Kier alpha value is -1.18. The molecule has 7 heteroatoms. The van der Waals surface area contributed by atoms with Gasteiger partial charge < -0.3 is 10.6 Å². The Morgan fingerprint density at radius 3 is 2.68 bits per heavy atom. The zero-order chi connectivity index (χ0) is 14.2. The van der Waals surface area contributed by atoms with Crippen LogP contribution in [0.25, 0.3) is 0 Å². The molecule has 1 aromatic rings. The van der Waals surface area contributed by atoms with E-state index in [1.54, 1.807) is 0 Å². The molecule has 2 N–H and O–H groups in total. The lowest BCUT2D eigenvalue weighted by Gasteiger charge is -2.20. The molecule has 1 heterocycles. The van der Waals surface area contributed by atoms with E-state index in [2.05, 4.69) is 0 Å². The maximum Gasteiger partial charge on any atom is 0.246 e. The summed E-state index contributed by atoms with van der Waals surface area (Å²) >= 11 is 0. The first-order valence-electron chi connectivity index (χ1n) is 6.04. The summed E-state index contributed by atoms with van der Waals surface area (Å²) in [5.41, 5.74) is 5.78. The normalized spacial score (nSPS) is 21.2. The van der Waals surface area contributed by atoms with Crippen molar-refractivity contribution in [2.24, 2.45) is 0 Å². The average molecular weight is 287 g/mol. The van der Waals surface area contributed by atoms with E-state index in [-0.39, 0.29) is 16.6 Å². The molecule has 1 fully saturated rings. The molecular formula is C12H18FN3O2S. The van der Waals surface area contributed by atoms with Gasteiger partial charge in [0, 0.05) is 24.8 Å². The van der Waals surface area contributed by atoms with Crippen LogP contribution in [-0.2, 0) is 10.0 Å². The summed E-state index contributed by atoms with van der Waals surface area (Å²) in [6.07, 6.45) is 0.746. The number of hydrogen-bond donors (Lipinski definition) is 1. The van der Waals surface area contributed by atoms with Gasteiger partial charge in [-0.3, -0.25) is 0 Å². The van der Waals surface area contributed by atoms with Gasteiger partial charge in [-0.15, -0.1) is 0 Å². The summed E-state index contributed by atoms with van der Waals surface area (Å²) in [4.78, 5) is 1.64. The van der Waals surface area contributed by atoms with Gasteiger partial charge in [-0.1, -0.05) is 0 Å². The van der Waals surface area contributed by atoms with E-state index >= 15 is 0 Å². The molecule has 0 spiro atoms. The van der Waals surface area contributed by atoms with Crippen LogP contribution >= 0.6 is 0 Å². The Morgan fingerprint density at radius 2 is 2.11 bits per heavy atom. The summed E-state index contributed by atoms with van der Waals surface area (Å²) in [7, 11) is 0.00263. The van der Waals surface area contributed by atoms with Crippen LogP contribution in [0.1, 0.15) is 6.42 Å². The first kappa shape index (κ1) is 14.2. The molecule has 0 amide bonds. The molecule has 1 unspecified atom stereocenters. The third-order valence-corrected chi connectivity index (χ3v) is 5.31. The molecule has 1 aliphatic rings. The van der Waals surface area contributed by atoms with Gasteiger partial charge in [0.25, 0.3) is 0 Å². The van der Waals surface area contributed by atoms with Crippen LogP contribution in [0, 0.1) is 5.82 Å². The molecule has 19 heavy (non-hydrogen) atoms. The summed E-state index contributed by atoms with van der Waals surface area (Å²) in [6, 6.07) is 3.77. The van der Waals surface area contributed by atoms with Crippen LogP contribution in [0.4, 0.5) is 10.1 Å². The maximum atomic E-state index is 13.7. The van der Waals surface area contributed by atoms with Crippen LogP contribution in [-0.4, -0.2) is 50.8 Å². The van der Waals surface area contributed by atoms with Gasteiger partial charge in [0.15, 0.2) is 0 Å². The molecule has 0 aromatic heterocycles.